The number of halogens is 1. The van der Waals surface area contributed by atoms with Crippen LogP contribution in [-0.4, -0.2) is 75.5 Å². The maximum Gasteiger partial charge on any atom is 0.308 e. The number of nitrogens with zero attached hydrogens (tertiary/aromatic N) is 3. The summed E-state index contributed by atoms with van der Waals surface area (Å²) in [7, 11) is -2.11. The minimum Gasteiger partial charge on any atom is -0.493 e. The molecule has 0 unspecified atom stereocenters. The van der Waals surface area contributed by atoms with Crippen molar-refractivity contribution in [2.24, 2.45) is 5.10 Å². The fourth-order valence-corrected chi connectivity index (χ4v) is 4.99. The number of benzene rings is 2. The second-order valence-electron chi connectivity index (χ2n) is 7.43. The minimum atomic E-state index is -3.57. The normalized spacial score (nSPS) is 15.3. The Labute approximate surface area is 206 Å². The summed E-state index contributed by atoms with van der Waals surface area (Å²) in [6, 6.07) is 11.4. The Hall–Kier alpha value is -2.80. The molecule has 1 saturated heterocycles. The number of methoxy groups -OCH3 is 1. The Morgan fingerprint density at radius 1 is 1.09 bits per heavy atom. The van der Waals surface area contributed by atoms with Crippen LogP contribution >= 0.6 is 15.9 Å². The Morgan fingerprint density at radius 3 is 2.38 bits per heavy atom. The monoisotopic (exact) mass is 552 g/mol. The number of ether oxygens (including phenoxy) is 2. The average molecular weight is 553 g/mol. The van der Waals surface area contributed by atoms with Crippen LogP contribution < -0.4 is 14.9 Å². The molecule has 0 radical (unpaired) electrons. The van der Waals surface area contributed by atoms with E-state index in [0.29, 0.717) is 37.5 Å². The lowest BCUT2D eigenvalue weighted by molar-refractivity contribution is -0.132. The van der Waals surface area contributed by atoms with Gasteiger partial charge in [-0.1, -0.05) is 15.9 Å². The third-order valence-corrected chi connectivity index (χ3v) is 7.44. The highest BCUT2D eigenvalue weighted by atomic mass is 79.9. The maximum atomic E-state index is 12.8. The van der Waals surface area contributed by atoms with Crippen molar-refractivity contribution >= 4 is 44.0 Å². The van der Waals surface area contributed by atoms with Gasteiger partial charge in [0.2, 0.25) is 10.0 Å². The molecular weight excluding hydrogens is 528 g/mol. The molecule has 0 atom stereocenters. The molecule has 0 spiro atoms. The lowest BCUT2D eigenvalue weighted by Crippen LogP contribution is -2.50. The highest BCUT2D eigenvalue weighted by molar-refractivity contribution is 9.10. The molecule has 2 aromatic carbocycles. The Morgan fingerprint density at radius 2 is 1.76 bits per heavy atom. The molecular formula is C22H25BrN4O6S. The molecule has 1 N–H and O–H groups in total. The molecule has 1 aliphatic rings. The largest absolute Gasteiger partial charge is 0.493 e. The van der Waals surface area contributed by atoms with Gasteiger partial charge in [-0.05, 0) is 48.0 Å². The molecule has 1 fully saturated rings. The van der Waals surface area contributed by atoms with Crippen LogP contribution in [0.2, 0.25) is 0 Å². The zero-order valence-electron chi connectivity index (χ0n) is 18.7. The highest BCUT2D eigenvalue weighted by Crippen LogP contribution is 2.27. The van der Waals surface area contributed by atoms with Crippen molar-refractivity contribution < 1.29 is 27.5 Å². The van der Waals surface area contributed by atoms with Crippen LogP contribution in [0, 0.1) is 0 Å². The SMILES string of the molecule is COc1cc(/C=N/NC(=O)CN2CCN(S(=O)(=O)c3ccc(Br)cc3)CC2)ccc1OC(C)=O. The fourth-order valence-electron chi connectivity index (χ4n) is 3.30. The molecule has 0 aliphatic carbocycles. The van der Waals surface area contributed by atoms with Crippen molar-refractivity contribution in [1.29, 1.82) is 0 Å². The molecule has 3 rings (SSSR count). The lowest BCUT2D eigenvalue weighted by atomic mass is 10.2. The van der Waals surface area contributed by atoms with E-state index in [1.807, 2.05) is 4.90 Å². The van der Waals surface area contributed by atoms with E-state index in [1.54, 1.807) is 42.5 Å². The molecule has 1 heterocycles. The van der Waals surface area contributed by atoms with Crippen LogP contribution in [-0.2, 0) is 19.6 Å². The number of hydrazone groups is 1. The molecule has 0 saturated carbocycles. The van der Waals surface area contributed by atoms with Gasteiger partial charge >= 0.3 is 5.97 Å². The van der Waals surface area contributed by atoms with E-state index in [4.69, 9.17) is 9.47 Å². The number of amides is 1. The smallest absolute Gasteiger partial charge is 0.308 e. The van der Waals surface area contributed by atoms with Crippen molar-refractivity contribution in [3.63, 3.8) is 0 Å². The van der Waals surface area contributed by atoms with Gasteiger partial charge in [-0.25, -0.2) is 13.8 Å². The minimum absolute atomic E-state index is 0.0955. The van der Waals surface area contributed by atoms with E-state index in [-0.39, 0.29) is 23.1 Å². The van der Waals surface area contributed by atoms with Gasteiger partial charge in [0.15, 0.2) is 11.5 Å². The van der Waals surface area contributed by atoms with Crippen molar-refractivity contribution in [3.05, 3.63) is 52.5 Å². The van der Waals surface area contributed by atoms with Crippen LogP contribution in [0.1, 0.15) is 12.5 Å². The van der Waals surface area contributed by atoms with E-state index in [1.165, 1.54) is 24.6 Å². The van der Waals surface area contributed by atoms with E-state index in [0.717, 1.165) is 4.47 Å². The first-order valence-corrected chi connectivity index (χ1v) is 12.6. The molecule has 1 amide bonds. The van der Waals surface area contributed by atoms with Gasteiger partial charge in [-0.3, -0.25) is 14.5 Å². The summed E-state index contributed by atoms with van der Waals surface area (Å²) >= 11 is 3.30. The first-order valence-electron chi connectivity index (χ1n) is 10.4. The van der Waals surface area contributed by atoms with E-state index >= 15 is 0 Å². The van der Waals surface area contributed by atoms with Crippen LogP contribution in [0.5, 0.6) is 11.5 Å². The van der Waals surface area contributed by atoms with Crippen molar-refractivity contribution in [3.8, 4) is 11.5 Å². The van der Waals surface area contributed by atoms with Crippen LogP contribution in [0.15, 0.2) is 56.9 Å². The topological polar surface area (TPSA) is 118 Å². The Bertz CT molecular complexity index is 1160. The number of hydrogen-bond donors (Lipinski definition) is 1. The van der Waals surface area contributed by atoms with Gasteiger partial charge < -0.3 is 9.47 Å². The summed E-state index contributed by atoms with van der Waals surface area (Å²) < 4.78 is 38.0. The van der Waals surface area contributed by atoms with Gasteiger partial charge in [0.05, 0.1) is 24.8 Å². The lowest BCUT2D eigenvalue weighted by Gasteiger charge is -2.33. The third-order valence-electron chi connectivity index (χ3n) is 4.99. The molecule has 1 aliphatic heterocycles. The van der Waals surface area contributed by atoms with E-state index < -0.39 is 16.0 Å². The summed E-state index contributed by atoms with van der Waals surface area (Å²) in [5, 5.41) is 3.95. The van der Waals surface area contributed by atoms with Gasteiger partial charge in [0.1, 0.15) is 0 Å². The fraction of sp³-hybridized carbons (Fsp3) is 0.318. The molecule has 182 valence electrons. The second kappa shape index (κ2) is 11.6. The molecule has 0 bridgehead atoms. The van der Waals surface area contributed by atoms with E-state index in [9.17, 15) is 18.0 Å². The van der Waals surface area contributed by atoms with E-state index in [2.05, 4.69) is 26.5 Å². The van der Waals surface area contributed by atoms with Crippen molar-refractivity contribution in [1.82, 2.24) is 14.6 Å². The number of esters is 1. The zero-order chi connectivity index (χ0) is 24.7. The number of carbonyl (C=O) groups excluding carboxylic acids is 2. The number of hydrogen-bond acceptors (Lipinski definition) is 8. The first kappa shape index (κ1) is 25.8. The molecule has 2 aromatic rings. The number of nitrogens with one attached hydrogen (secondary N) is 1. The first-order chi connectivity index (χ1) is 16.2. The number of rotatable bonds is 8. The zero-order valence-corrected chi connectivity index (χ0v) is 21.1. The third kappa shape index (κ3) is 6.86. The second-order valence-corrected chi connectivity index (χ2v) is 10.3. The van der Waals surface area contributed by atoms with Crippen molar-refractivity contribution in [2.45, 2.75) is 11.8 Å². The summed E-state index contributed by atoms with van der Waals surface area (Å²) in [5.41, 5.74) is 3.10. The standard InChI is InChI=1S/C22H25BrN4O6S/c1-16(28)33-20-8-3-17(13-21(20)32-2)14-24-25-22(29)15-26-9-11-27(12-10-26)34(30,31)19-6-4-18(23)5-7-19/h3-8,13-14H,9-12,15H2,1-2H3,(H,25,29)/b24-14+. The maximum absolute atomic E-state index is 12.8. The van der Waals surface area contributed by atoms with Gasteiger partial charge in [-0.2, -0.15) is 9.41 Å². The summed E-state index contributed by atoms with van der Waals surface area (Å²) in [6.45, 7) is 2.85. The quantitative estimate of drug-likeness (QED) is 0.230. The Kier molecular flexibility index (Phi) is 8.78. The molecule has 34 heavy (non-hydrogen) atoms. The molecule has 10 nitrogen and oxygen atoms in total. The summed E-state index contributed by atoms with van der Waals surface area (Å²) in [5.74, 6) is -0.124. The highest BCUT2D eigenvalue weighted by Gasteiger charge is 2.29. The predicted molar refractivity (Wildman–Crippen MR) is 129 cm³/mol. The predicted octanol–water partition coefficient (Wildman–Crippen LogP) is 1.84. The number of piperazine rings is 1. The number of sulfonamides is 1. The van der Waals surface area contributed by atoms with Gasteiger partial charge in [-0.15, -0.1) is 0 Å². The number of carbonyl (C=O) groups is 2. The Balaban J connectivity index is 1.49. The summed E-state index contributed by atoms with van der Waals surface area (Å²) in [4.78, 5) is 25.5. The average Bonchev–Trinajstić information content (AvgIpc) is 2.80. The summed E-state index contributed by atoms with van der Waals surface area (Å²) in [6.07, 6.45) is 1.45. The van der Waals surface area contributed by atoms with Gasteiger partial charge in [0.25, 0.3) is 5.91 Å². The van der Waals surface area contributed by atoms with Crippen LogP contribution in [0.25, 0.3) is 0 Å². The molecule has 12 heteroatoms. The van der Waals surface area contributed by atoms with Gasteiger partial charge in [0, 0.05) is 37.6 Å². The van der Waals surface area contributed by atoms with Crippen molar-refractivity contribution in [2.75, 3.05) is 39.8 Å². The molecule has 0 aromatic heterocycles. The van der Waals surface area contributed by atoms with Crippen LogP contribution in [0.3, 0.4) is 0 Å². The van der Waals surface area contributed by atoms with Crippen LogP contribution in [0.4, 0.5) is 0 Å².